The molecule has 3 atom stereocenters. The van der Waals surface area contributed by atoms with Crippen molar-refractivity contribution in [3.05, 3.63) is 45.5 Å². The molecule has 4 rings (SSSR count). The quantitative estimate of drug-likeness (QED) is 0.325. The van der Waals surface area contributed by atoms with Crippen molar-refractivity contribution in [3.8, 4) is 5.75 Å². The molecule has 31 heavy (non-hydrogen) atoms. The van der Waals surface area contributed by atoms with Gasteiger partial charge in [0.15, 0.2) is 11.4 Å². The molecule has 0 spiro atoms. The van der Waals surface area contributed by atoms with Gasteiger partial charge in [0.1, 0.15) is 11.5 Å². The Morgan fingerprint density at radius 1 is 1.16 bits per heavy atom. The molecule has 162 valence electrons. The van der Waals surface area contributed by atoms with Crippen molar-refractivity contribution in [3.63, 3.8) is 0 Å². The molecule has 0 aromatic heterocycles. The lowest BCUT2D eigenvalue weighted by Gasteiger charge is -2.46. The second-order valence-corrected chi connectivity index (χ2v) is 8.51. The predicted octanol–water partition coefficient (Wildman–Crippen LogP) is 1.52. The molecule has 5 N–H and O–H groups in total. The Kier molecular flexibility index (Phi) is 4.66. The van der Waals surface area contributed by atoms with Crippen LogP contribution < -0.4 is 5.73 Å². The molecule has 1 aromatic carbocycles. The highest BCUT2D eigenvalue weighted by atomic mass is 16.3. The van der Waals surface area contributed by atoms with Crippen molar-refractivity contribution in [2.75, 3.05) is 0 Å². The number of allylic oxidation sites excluding steroid dienone is 1. The van der Waals surface area contributed by atoms with Crippen LogP contribution in [0.2, 0.25) is 0 Å². The Labute approximate surface area is 178 Å². The van der Waals surface area contributed by atoms with Crippen LogP contribution in [0.1, 0.15) is 54.6 Å². The van der Waals surface area contributed by atoms with E-state index < -0.39 is 40.7 Å². The number of carbonyl (C=O) groups is 4. The van der Waals surface area contributed by atoms with Crippen LogP contribution >= 0.6 is 0 Å². The molecule has 3 aliphatic carbocycles. The molecule has 0 radical (unpaired) electrons. The van der Waals surface area contributed by atoms with Crippen LogP contribution in [-0.4, -0.2) is 44.2 Å². The molecule has 1 amide bonds. The van der Waals surface area contributed by atoms with Crippen LogP contribution in [0, 0.1) is 11.8 Å². The summed E-state index contributed by atoms with van der Waals surface area (Å²) in [4.78, 5) is 50.6. The molecule has 8 heteroatoms. The summed E-state index contributed by atoms with van der Waals surface area (Å²) in [5.74, 6) is -5.42. The monoisotopic (exact) mass is 425 g/mol. The molecule has 0 saturated heterocycles. The first-order valence-corrected chi connectivity index (χ1v) is 10.2. The fourth-order valence-electron chi connectivity index (χ4n) is 5.34. The molecule has 0 heterocycles. The number of aliphatic hydroxyl groups excluding tert-OH is 1. The lowest BCUT2D eigenvalue weighted by atomic mass is 9.57. The zero-order valence-corrected chi connectivity index (χ0v) is 17.2. The zero-order chi connectivity index (χ0) is 22.8. The largest absolute Gasteiger partial charge is 0.507 e. The summed E-state index contributed by atoms with van der Waals surface area (Å²) >= 11 is 0. The standard InChI is InChI=1S/C23H23NO7/c1-3-14(25)12-4-5-15(26)18-13(12)8-10-7-11-6-9(2)16(22(24)30)20(28)23(11,31)21(29)17(10)19(18)27/h4-5,10-11,26-27,31H,3,6-8H2,1-2H3,(H2,24,30)/t10-,11-,23-/m1/s1. The number of rotatable bonds is 3. The number of hydrogen-bond acceptors (Lipinski definition) is 7. The van der Waals surface area contributed by atoms with Crippen LogP contribution in [-0.2, 0) is 20.8 Å². The molecule has 0 bridgehead atoms. The normalized spacial score (nSPS) is 27.6. The molecule has 8 nitrogen and oxygen atoms in total. The lowest BCUT2D eigenvalue weighted by Crippen LogP contribution is -2.61. The highest BCUT2D eigenvalue weighted by molar-refractivity contribution is 6.32. The van der Waals surface area contributed by atoms with Gasteiger partial charge in [-0.25, -0.2) is 0 Å². The predicted molar refractivity (Wildman–Crippen MR) is 109 cm³/mol. The summed E-state index contributed by atoms with van der Waals surface area (Å²) in [6, 6.07) is 2.77. The topological polar surface area (TPSA) is 155 Å². The maximum Gasteiger partial charge on any atom is 0.252 e. The minimum atomic E-state index is -2.51. The average molecular weight is 425 g/mol. The minimum Gasteiger partial charge on any atom is -0.507 e. The van der Waals surface area contributed by atoms with Crippen molar-refractivity contribution in [1.82, 2.24) is 0 Å². The van der Waals surface area contributed by atoms with Gasteiger partial charge in [-0.3, -0.25) is 19.2 Å². The Morgan fingerprint density at radius 2 is 1.84 bits per heavy atom. The van der Waals surface area contributed by atoms with Crippen molar-refractivity contribution >= 4 is 29.0 Å². The molecular formula is C23H23NO7. The fraction of sp³-hybridized carbons (Fsp3) is 0.391. The Balaban J connectivity index is 1.91. The number of fused-ring (bicyclic) bond motifs is 3. The first-order chi connectivity index (χ1) is 14.5. The molecule has 0 aliphatic heterocycles. The van der Waals surface area contributed by atoms with Gasteiger partial charge < -0.3 is 21.1 Å². The van der Waals surface area contributed by atoms with Gasteiger partial charge in [-0.2, -0.15) is 0 Å². The number of carbonyl (C=O) groups excluding carboxylic acids is 4. The second-order valence-electron chi connectivity index (χ2n) is 8.51. The van der Waals surface area contributed by atoms with Crippen molar-refractivity contribution < 1.29 is 34.5 Å². The van der Waals surface area contributed by atoms with E-state index in [-0.39, 0.29) is 53.9 Å². The number of amides is 1. The van der Waals surface area contributed by atoms with Crippen LogP contribution in [0.3, 0.4) is 0 Å². The SMILES string of the molecule is CCC(=O)c1ccc(O)c2c1C[C@H]1C[C@H]3CC(C)=C(C(N)=O)C(=O)[C@@]3(O)C(=O)C1=C2O. The second kappa shape index (κ2) is 6.88. The molecule has 1 aromatic rings. The smallest absolute Gasteiger partial charge is 0.252 e. The summed E-state index contributed by atoms with van der Waals surface area (Å²) in [7, 11) is 0. The number of nitrogens with two attached hydrogens (primary N) is 1. The van der Waals surface area contributed by atoms with Gasteiger partial charge in [-0.05, 0) is 49.8 Å². The number of benzene rings is 1. The van der Waals surface area contributed by atoms with Crippen LogP contribution in [0.4, 0.5) is 0 Å². The van der Waals surface area contributed by atoms with E-state index in [1.807, 2.05) is 0 Å². The average Bonchev–Trinajstić information content (AvgIpc) is 2.70. The summed E-state index contributed by atoms with van der Waals surface area (Å²) < 4.78 is 0. The van der Waals surface area contributed by atoms with Gasteiger partial charge in [-0.15, -0.1) is 0 Å². The summed E-state index contributed by atoms with van der Waals surface area (Å²) in [5, 5.41) is 32.5. The van der Waals surface area contributed by atoms with E-state index >= 15 is 0 Å². The van der Waals surface area contributed by atoms with Gasteiger partial charge in [0.05, 0.1) is 11.1 Å². The number of phenols is 1. The third-order valence-electron chi connectivity index (χ3n) is 6.81. The van der Waals surface area contributed by atoms with Crippen LogP contribution in [0.25, 0.3) is 5.76 Å². The van der Waals surface area contributed by atoms with E-state index in [2.05, 4.69) is 0 Å². The van der Waals surface area contributed by atoms with Gasteiger partial charge in [0.2, 0.25) is 11.6 Å². The van der Waals surface area contributed by atoms with Gasteiger partial charge in [-0.1, -0.05) is 12.5 Å². The third kappa shape index (κ3) is 2.71. The molecule has 1 fully saturated rings. The number of hydrogen-bond donors (Lipinski definition) is 4. The highest BCUT2D eigenvalue weighted by Gasteiger charge is 2.61. The minimum absolute atomic E-state index is 0.0361. The summed E-state index contributed by atoms with van der Waals surface area (Å²) in [6.07, 6.45) is 0.743. The van der Waals surface area contributed by atoms with E-state index in [0.29, 0.717) is 16.7 Å². The Hall–Kier alpha value is -3.26. The number of ketones is 3. The Morgan fingerprint density at radius 3 is 2.45 bits per heavy atom. The van der Waals surface area contributed by atoms with Crippen molar-refractivity contribution in [2.24, 2.45) is 17.6 Å². The first-order valence-electron chi connectivity index (χ1n) is 10.2. The Bertz CT molecular complexity index is 1140. The van der Waals surface area contributed by atoms with Crippen molar-refractivity contribution in [1.29, 1.82) is 0 Å². The maximum absolute atomic E-state index is 13.4. The van der Waals surface area contributed by atoms with Gasteiger partial charge in [0, 0.05) is 23.5 Å². The molecular weight excluding hydrogens is 402 g/mol. The lowest BCUT2D eigenvalue weighted by molar-refractivity contribution is -0.157. The van der Waals surface area contributed by atoms with Crippen molar-refractivity contribution in [2.45, 2.75) is 45.1 Å². The van der Waals surface area contributed by atoms with E-state index in [9.17, 15) is 34.5 Å². The molecule has 0 unspecified atom stereocenters. The van der Waals surface area contributed by atoms with Gasteiger partial charge >= 0.3 is 0 Å². The number of phenolic OH excluding ortho intramolecular Hbond substituents is 1. The summed E-state index contributed by atoms with van der Waals surface area (Å²) in [5.41, 5.74) is 3.43. The van der Waals surface area contributed by atoms with Crippen LogP contribution in [0.5, 0.6) is 5.75 Å². The van der Waals surface area contributed by atoms with Crippen LogP contribution in [0.15, 0.2) is 28.9 Å². The maximum atomic E-state index is 13.4. The first kappa shape index (κ1) is 21.0. The van der Waals surface area contributed by atoms with E-state index in [1.54, 1.807) is 13.8 Å². The van der Waals surface area contributed by atoms with E-state index in [4.69, 9.17) is 5.73 Å². The molecule has 1 saturated carbocycles. The summed E-state index contributed by atoms with van der Waals surface area (Å²) in [6.45, 7) is 3.27. The fourth-order valence-corrected chi connectivity index (χ4v) is 5.34. The van der Waals surface area contributed by atoms with Gasteiger partial charge in [0.25, 0.3) is 5.91 Å². The number of aromatic hydroxyl groups is 1. The van der Waals surface area contributed by atoms with E-state index in [1.165, 1.54) is 12.1 Å². The number of Topliss-reactive ketones (excluding diaryl/α,β-unsaturated/α-hetero) is 3. The highest BCUT2D eigenvalue weighted by Crippen LogP contribution is 2.51. The van der Waals surface area contributed by atoms with E-state index in [0.717, 1.165) is 0 Å². The molecule has 3 aliphatic rings. The zero-order valence-electron chi connectivity index (χ0n) is 17.2. The number of aliphatic hydroxyl groups is 2. The third-order valence-corrected chi connectivity index (χ3v) is 6.81. The number of primary amides is 1.